The van der Waals surface area contributed by atoms with Crippen LogP contribution in [0.1, 0.15) is 21.6 Å². The maximum atomic E-state index is 14.0. The van der Waals surface area contributed by atoms with Gasteiger partial charge in [-0.25, -0.2) is 9.18 Å². The van der Waals surface area contributed by atoms with E-state index in [1.807, 2.05) is 47.9 Å². The molecule has 31 heavy (non-hydrogen) atoms. The van der Waals surface area contributed by atoms with Gasteiger partial charge in [0.25, 0.3) is 0 Å². The minimum atomic E-state index is -0.982. The van der Waals surface area contributed by atoms with Gasteiger partial charge in [-0.1, -0.05) is 40.2 Å². The fourth-order valence-corrected chi connectivity index (χ4v) is 3.83. The van der Waals surface area contributed by atoms with Crippen molar-refractivity contribution in [3.05, 3.63) is 106 Å². The van der Waals surface area contributed by atoms with Crippen molar-refractivity contribution in [2.24, 2.45) is 0 Å². The van der Waals surface area contributed by atoms with Crippen molar-refractivity contribution in [2.45, 2.75) is 13.5 Å². The monoisotopic (exact) mass is 479 g/mol. The summed E-state index contributed by atoms with van der Waals surface area (Å²) in [6.45, 7) is 2.05. The third-order valence-corrected chi connectivity index (χ3v) is 5.48. The number of ether oxygens (including phenoxy) is 1. The molecule has 3 aromatic carbocycles. The third-order valence-electron chi connectivity index (χ3n) is 4.99. The minimum Gasteiger partial charge on any atom is -0.488 e. The first-order chi connectivity index (χ1) is 14.9. The van der Waals surface area contributed by atoms with Crippen LogP contribution in [-0.2, 0) is 6.61 Å². The molecule has 0 fully saturated rings. The summed E-state index contributed by atoms with van der Waals surface area (Å²) in [6, 6.07) is 22.9. The van der Waals surface area contributed by atoms with Crippen LogP contribution in [0.25, 0.3) is 16.9 Å². The highest BCUT2D eigenvalue weighted by molar-refractivity contribution is 9.10. The number of carboxylic acids is 1. The topological polar surface area (TPSA) is 51.5 Å². The molecule has 0 saturated carbocycles. The Morgan fingerprint density at radius 3 is 2.61 bits per heavy atom. The van der Waals surface area contributed by atoms with Gasteiger partial charge in [-0.05, 0) is 61.5 Å². The molecule has 0 bridgehead atoms. The number of aryl methyl sites for hydroxylation is 1. The standard InChI is InChI=1S/C25H19BrFNO3/c1-16-9-11-23(28(16)20-7-4-6-17(13-20)25(29)30)21-14-19(26)10-12-24(21)31-15-18-5-2-3-8-22(18)27/h2-14H,15H2,1H3,(H,29,30). The van der Waals surface area contributed by atoms with Crippen LogP contribution in [0.15, 0.2) is 83.3 Å². The molecule has 0 aliphatic heterocycles. The van der Waals surface area contributed by atoms with Gasteiger partial charge in [0.05, 0.1) is 11.3 Å². The number of nitrogens with zero attached hydrogens (tertiary/aromatic N) is 1. The van der Waals surface area contributed by atoms with E-state index in [2.05, 4.69) is 15.9 Å². The van der Waals surface area contributed by atoms with Crippen molar-refractivity contribution in [3.63, 3.8) is 0 Å². The van der Waals surface area contributed by atoms with Gasteiger partial charge >= 0.3 is 5.97 Å². The summed E-state index contributed by atoms with van der Waals surface area (Å²) in [4.78, 5) is 11.4. The average molecular weight is 480 g/mol. The second kappa shape index (κ2) is 8.78. The molecule has 0 spiro atoms. The van der Waals surface area contributed by atoms with Gasteiger partial charge in [-0.15, -0.1) is 0 Å². The van der Waals surface area contributed by atoms with Crippen molar-refractivity contribution in [1.29, 1.82) is 0 Å². The molecule has 4 nitrogen and oxygen atoms in total. The lowest BCUT2D eigenvalue weighted by molar-refractivity contribution is 0.0697. The second-order valence-electron chi connectivity index (χ2n) is 7.07. The second-order valence-corrected chi connectivity index (χ2v) is 7.99. The van der Waals surface area contributed by atoms with Crippen LogP contribution >= 0.6 is 15.9 Å². The van der Waals surface area contributed by atoms with Gasteiger partial charge in [0.2, 0.25) is 0 Å². The summed E-state index contributed by atoms with van der Waals surface area (Å²) < 4.78 is 22.9. The Morgan fingerprint density at radius 1 is 1.03 bits per heavy atom. The van der Waals surface area contributed by atoms with E-state index in [9.17, 15) is 14.3 Å². The third kappa shape index (κ3) is 4.39. The number of aromatic carboxylic acids is 1. The van der Waals surface area contributed by atoms with Crippen LogP contribution in [0.3, 0.4) is 0 Å². The van der Waals surface area contributed by atoms with E-state index in [1.165, 1.54) is 6.07 Å². The summed E-state index contributed by atoms with van der Waals surface area (Å²) in [5, 5.41) is 9.38. The fourth-order valence-electron chi connectivity index (χ4n) is 3.47. The fraction of sp³-hybridized carbons (Fsp3) is 0.0800. The van der Waals surface area contributed by atoms with Gasteiger partial charge in [-0.3, -0.25) is 0 Å². The predicted octanol–water partition coefficient (Wildman–Crippen LogP) is 6.63. The van der Waals surface area contributed by atoms with Crippen LogP contribution in [0.2, 0.25) is 0 Å². The average Bonchev–Trinajstić information content (AvgIpc) is 3.15. The van der Waals surface area contributed by atoms with Crippen LogP contribution in [0.4, 0.5) is 4.39 Å². The molecular formula is C25H19BrFNO3. The van der Waals surface area contributed by atoms with E-state index in [1.54, 1.807) is 36.4 Å². The first-order valence-electron chi connectivity index (χ1n) is 9.62. The zero-order chi connectivity index (χ0) is 22.0. The van der Waals surface area contributed by atoms with Gasteiger partial charge in [-0.2, -0.15) is 0 Å². The van der Waals surface area contributed by atoms with Crippen molar-refractivity contribution < 1.29 is 19.0 Å². The minimum absolute atomic E-state index is 0.0928. The van der Waals surface area contributed by atoms with Crippen molar-refractivity contribution >= 4 is 21.9 Å². The maximum absolute atomic E-state index is 14.0. The molecule has 0 saturated heterocycles. The number of hydrogen-bond donors (Lipinski definition) is 1. The lowest BCUT2D eigenvalue weighted by Gasteiger charge is -2.17. The highest BCUT2D eigenvalue weighted by atomic mass is 79.9. The Balaban J connectivity index is 1.77. The highest BCUT2D eigenvalue weighted by Gasteiger charge is 2.16. The molecular weight excluding hydrogens is 461 g/mol. The number of aromatic nitrogens is 1. The van der Waals surface area contributed by atoms with Gasteiger partial charge in [0.15, 0.2) is 0 Å². The SMILES string of the molecule is Cc1ccc(-c2cc(Br)ccc2OCc2ccccc2F)n1-c1cccc(C(=O)O)c1. The molecule has 0 amide bonds. The lowest BCUT2D eigenvalue weighted by Crippen LogP contribution is -2.04. The molecule has 1 heterocycles. The van der Waals surface area contributed by atoms with Crippen LogP contribution in [0, 0.1) is 12.7 Å². The summed E-state index contributed by atoms with van der Waals surface area (Å²) in [7, 11) is 0. The summed E-state index contributed by atoms with van der Waals surface area (Å²) in [5.41, 5.74) is 4.00. The van der Waals surface area contributed by atoms with Gasteiger partial charge in [0, 0.05) is 27.0 Å². The van der Waals surface area contributed by atoms with Gasteiger partial charge < -0.3 is 14.4 Å². The molecule has 6 heteroatoms. The van der Waals surface area contributed by atoms with E-state index in [0.717, 1.165) is 27.1 Å². The Bertz CT molecular complexity index is 1270. The van der Waals surface area contributed by atoms with E-state index >= 15 is 0 Å². The van der Waals surface area contributed by atoms with Crippen LogP contribution in [-0.4, -0.2) is 15.6 Å². The van der Waals surface area contributed by atoms with Crippen molar-refractivity contribution in [1.82, 2.24) is 4.57 Å². The van der Waals surface area contributed by atoms with Crippen molar-refractivity contribution in [2.75, 3.05) is 0 Å². The molecule has 0 radical (unpaired) electrons. The summed E-state index contributed by atoms with van der Waals surface area (Å²) in [5.74, 6) is -0.698. The number of hydrogen-bond acceptors (Lipinski definition) is 2. The zero-order valence-corrected chi connectivity index (χ0v) is 18.3. The molecule has 0 atom stereocenters. The van der Waals surface area contributed by atoms with Crippen LogP contribution in [0.5, 0.6) is 5.75 Å². The molecule has 1 aromatic heterocycles. The zero-order valence-electron chi connectivity index (χ0n) is 16.7. The largest absolute Gasteiger partial charge is 0.488 e. The van der Waals surface area contributed by atoms with E-state index in [4.69, 9.17) is 4.74 Å². The number of rotatable bonds is 6. The first kappa shape index (κ1) is 20.9. The Morgan fingerprint density at radius 2 is 1.84 bits per heavy atom. The van der Waals surface area contributed by atoms with Crippen LogP contribution < -0.4 is 4.74 Å². The first-order valence-corrected chi connectivity index (χ1v) is 10.4. The molecule has 0 unspecified atom stereocenters. The predicted molar refractivity (Wildman–Crippen MR) is 121 cm³/mol. The smallest absolute Gasteiger partial charge is 0.335 e. The van der Waals surface area contributed by atoms with Crippen molar-refractivity contribution in [3.8, 4) is 22.7 Å². The Kier molecular flexibility index (Phi) is 5.91. The van der Waals surface area contributed by atoms with E-state index in [-0.39, 0.29) is 18.0 Å². The molecule has 4 aromatic rings. The van der Waals surface area contributed by atoms with E-state index in [0.29, 0.717) is 11.3 Å². The maximum Gasteiger partial charge on any atom is 0.335 e. The number of carbonyl (C=O) groups is 1. The molecule has 1 N–H and O–H groups in total. The highest BCUT2D eigenvalue weighted by Crippen LogP contribution is 2.36. The number of benzene rings is 3. The molecule has 156 valence electrons. The molecule has 0 aliphatic carbocycles. The van der Waals surface area contributed by atoms with Gasteiger partial charge in [0.1, 0.15) is 18.2 Å². The number of halogens is 2. The normalized spacial score (nSPS) is 10.8. The lowest BCUT2D eigenvalue weighted by atomic mass is 10.1. The molecule has 4 rings (SSSR count). The Hall–Kier alpha value is -3.38. The van der Waals surface area contributed by atoms with E-state index < -0.39 is 5.97 Å². The summed E-state index contributed by atoms with van der Waals surface area (Å²) in [6.07, 6.45) is 0. The quantitative estimate of drug-likeness (QED) is 0.337. The number of carboxylic acid groups (broad SMARTS) is 1. The molecule has 0 aliphatic rings. The summed E-state index contributed by atoms with van der Waals surface area (Å²) >= 11 is 3.52. The Labute approximate surface area is 187 Å².